The number of amides is 1. The minimum atomic E-state index is -2.39. The number of nitrogens with zero attached hydrogens (tertiary/aromatic N) is 1. The summed E-state index contributed by atoms with van der Waals surface area (Å²) in [5.74, 6) is -2.17. The van der Waals surface area contributed by atoms with Crippen molar-refractivity contribution in [2.45, 2.75) is 59.3 Å². The Balaban J connectivity index is 5.21. The Hall–Kier alpha value is 0.190. The minimum absolute atomic E-state index is 0.223. The quantitative estimate of drug-likeness (QED) is 0.480. The number of hydrogen-bond donors (Lipinski definition) is 0. The summed E-state index contributed by atoms with van der Waals surface area (Å²) in [6.45, 7) is 6.64. The molecule has 20 heavy (non-hydrogen) atoms. The Labute approximate surface area is 131 Å². The average Bonchev–Trinajstić information content (AvgIpc) is 2.41. The van der Waals surface area contributed by atoms with E-state index in [-0.39, 0.29) is 5.91 Å². The molecule has 0 spiro atoms. The molecule has 0 radical (unpaired) electrons. The van der Waals surface area contributed by atoms with Crippen LogP contribution in [0.3, 0.4) is 0 Å². The van der Waals surface area contributed by atoms with Crippen molar-refractivity contribution < 1.29 is 4.79 Å². The number of hydrogen-bond acceptors (Lipinski definition) is 1. The summed E-state index contributed by atoms with van der Waals surface area (Å²) in [6.07, 6.45) is 10.9. The van der Waals surface area contributed by atoms with E-state index in [0.29, 0.717) is 6.16 Å². The maximum absolute atomic E-state index is 12.3. The fraction of sp³-hybridized carbons (Fsp3) is 0.938. The van der Waals surface area contributed by atoms with Crippen LogP contribution in [-0.4, -0.2) is 49.6 Å². The van der Waals surface area contributed by atoms with Crippen molar-refractivity contribution in [1.29, 1.82) is 0 Å². The number of carbonyl (C=O) groups excluding carboxylic acids is 1. The first-order chi connectivity index (χ1) is 9.31. The van der Waals surface area contributed by atoms with Gasteiger partial charge in [-0.1, -0.05) is 0 Å². The van der Waals surface area contributed by atoms with Gasteiger partial charge in [-0.15, -0.1) is 0 Å². The molecule has 0 aromatic heterocycles. The molecule has 0 aromatic carbocycles. The first-order valence-corrected chi connectivity index (χ1v) is 12.1. The van der Waals surface area contributed by atoms with E-state index >= 15 is 0 Å². The molecule has 0 aliphatic heterocycles. The van der Waals surface area contributed by atoms with E-state index in [2.05, 4.69) is 20.8 Å². The molecule has 0 heterocycles. The molecule has 0 bridgehead atoms. The molecule has 0 rings (SSSR count). The third-order valence-electron chi connectivity index (χ3n) is 4.24. The number of carbonyl (C=O) groups is 1. The van der Waals surface area contributed by atoms with Crippen molar-refractivity contribution in [2.24, 2.45) is 0 Å². The zero-order valence-electron chi connectivity index (χ0n) is 14.3. The van der Waals surface area contributed by atoms with Crippen LogP contribution in [0.4, 0.5) is 0 Å². The first kappa shape index (κ1) is 20.2. The van der Waals surface area contributed by atoms with Gasteiger partial charge in [-0.05, 0) is 0 Å². The molecule has 1 amide bonds. The van der Waals surface area contributed by atoms with Gasteiger partial charge in [-0.25, -0.2) is 0 Å². The van der Waals surface area contributed by atoms with Crippen LogP contribution in [0.15, 0.2) is 0 Å². The van der Waals surface area contributed by atoms with Gasteiger partial charge in [0.25, 0.3) is 0 Å². The summed E-state index contributed by atoms with van der Waals surface area (Å²) in [7, 11) is 3.69. The van der Waals surface area contributed by atoms with Crippen LogP contribution in [0.25, 0.3) is 0 Å². The summed E-state index contributed by atoms with van der Waals surface area (Å²) < 4.78 is 0. The van der Waals surface area contributed by atoms with Crippen molar-refractivity contribution in [3.63, 3.8) is 0 Å². The van der Waals surface area contributed by atoms with Crippen molar-refractivity contribution >= 4 is 23.1 Å². The van der Waals surface area contributed by atoms with Gasteiger partial charge in [0.15, 0.2) is 0 Å². The van der Waals surface area contributed by atoms with Gasteiger partial charge in [0.2, 0.25) is 0 Å². The first-order valence-electron chi connectivity index (χ1n) is 8.23. The summed E-state index contributed by atoms with van der Waals surface area (Å²) in [6, 6.07) is 0. The van der Waals surface area contributed by atoms with E-state index in [4.69, 9.17) is 11.2 Å². The zero-order chi connectivity index (χ0) is 15.7. The van der Waals surface area contributed by atoms with E-state index in [0.717, 1.165) is 37.7 Å². The molecule has 0 N–H and O–H groups in total. The van der Waals surface area contributed by atoms with Crippen LogP contribution < -0.4 is 0 Å². The van der Waals surface area contributed by atoms with Gasteiger partial charge < -0.3 is 0 Å². The molecular formula is C16H35ClNOP. The molecule has 2 nitrogen and oxygen atoms in total. The van der Waals surface area contributed by atoms with E-state index < -0.39 is 5.96 Å². The van der Waals surface area contributed by atoms with Gasteiger partial charge in [0.1, 0.15) is 0 Å². The third kappa shape index (κ3) is 6.76. The molecule has 122 valence electrons. The second kappa shape index (κ2) is 9.26. The summed E-state index contributed by atoms with van der Waals surface area (Å²) in [5.41, 5.74) is 0. The second-order valence-corrected chi connectivity index (χ2v) is 14.7. The number of halogens is 1. The van der Waals surface area contributed by atoms with Crippen molar-refractivity contribution in [3.8, 4) is 0 Å². The summed E-state index contributed by atoms with van der Waals surface area (Å²) in [4.78, 5) is 14.0. The van der Waals surface area contributed by atoms with Gasteiger partial charge in [0, 0.05) is 0 Å². The SMILES string of the molecule is CCCCP(Cl)(CCCC)(CCCC)CC(=O)N(C)C. The van der Waals surface area contributed by atoms with Crippen LogP contribution in [0.2, 0.25) is 0 Å². The molecule has 0 saturated heterocycles. The Morgan fingerprint density at radius 2 is 1.25 bits per heavy atom. The Morgan fingerprint density at radius 3 is 1.50 bits per heavy atom. The Bertz CT molecular complexity index is 270. The summed E-state index contributed by atoms with van der Waals surface area (Å²) in [5, 5.41) is 0. The predicted molar refractivity (Wildman–Crippen MR) is 95.7 cm³/mol. The van der Waals surface area contributed by atoms with E-state index in [9.17, 15) is 4.79 Å². The average molecular weight is 324 g/mol. The second-order valence-electron chi connectivity index (χ2n) is 6.50. The normalized spacial score (nSPS) is 13.8. The van der Waals surface area contributed by atoms with Crippen LogP contribution in [-0.2, 0) is 4.79 Å². The molecule has 0 saturated carbocycles. The van der Waals surface area contributed by atoms with Gasteiger partial charge in [-0.2, -0.15) is 0 Å². The fourth-order valence-electron chi connectivity index (χ4n) is 2.71. The zero-order valence-corrected chi connectivity index (χ0v) is 15.9. The van der Waals surface area contributed by atoms with Crippen molar-refractivity contribution in [3.05, 3.63) is 0 Å². The number of rotatable bonds is 11. The van der Waals surface area contributed by atoms with Crippen LogP contribution in [0, 0.1) is 0 Å². The maximum atomic E-state index is 12.3. The van der Waals surface area contributed by atoms with Crippen LogP contribution >= 0.6 is 17.2 Å². The van der Waals surface area contributed by atoms with Crippen LogP contribution in [0.1, 0.15) is 59.3 Å². The molecule has 0 aromatic rings. The van der Waals surface area contributed by atoms with E-state index in [1.54, 1.807) is 4.90 Å². The molecule has 0 aliphatic rings. The predicted octanol–water partition coefficient (Wildman–Crippen LogP) is 5.18. The third-order valence-corrected chi connectivity index (χ3v) is 11.5. The Morgan fingerprint density at radius 1 is 0.900 bits per heavy atom. The standard InChI is InChI=1S/C16H35ClNOP/c1-6-9-12-20(17,13-10-7-2,14-11-8-3)15-16(19)18(4)5/h6-15H2,1-5H3. The van der Waals surface area contributed by atoms with Gasteiger partial charge in [-0.3, -0.25) is 0 Å². The molecular weight excluding hydrogens is 289 g/mol. The van der Waals surface area contributed by atoms with Gasteiger partial charge in [0.05, 0.1) is 0 Å². The van der Waals surface area contributed by atoms with E-state index in [1.165, 1.54) is 19.3 Å². The van der Waals surface area contributed by atoms with Gasteiger partial charge >= 0.3 is 131 Å². The monoisotopic (exact) mass is 323 g/mol. The molecule has 0 fully saturated rings. The summed E-state index contributed by atoms with van der Waals surface area (Å²) >= 11 is 7.36. The van der Waals surface area contributed by atoms with Crippen LogP contribution in [0.5, 0.6) is 0 Å². The number of unbranched alkanes of at least 4 members (excludes halogenated alkanes) is 3. The molecule has 0 unspecified atom stereocenters. The fourth-order valence-corrected chi connectivity index (χ4v) is 9.52. The van der Waals surface area contributed by atoms with E-state index in [1.807, 2.05) is 14.1 Å². The van der Waals surface area contributed by atoms with Crippen molar-refractivity contribution in [2.75, 3.05) is 38.7 Å². The Kier molecular flexibility index (Phi) is 9.34. The topological polar surface area (TPSA) is 20.3 Å². The molecule has 0 atom stereocenters. The molecule has 4 heteroatoms. The van der Waals surface area contributed by atoms with Crippen molar-refractivity contribution in [1.82, 2.24) is 4.90 Å². The molecule has 0 aliphatic carbocycles.